The largest absolute Gasteiger partial charge is 0.413 e. The molecule has 158 valence electrons. The average Bonchev–Trinajstić information content (AvgIpc) is 2.62. The summed E-state index contributed by atoms with van der Waals surface area (Å²) < 4.78 is 13.5. The van der Waals surface area contributed by atoms with Gasteiger partial charge >= 0.3 is 0 Å². The Morgan fingerprint density at radius 2 is 0.750 bits per heavy atom. The summed E-state index contributed by atoms with van der Waals surface area (Å²) in [7, 11) is -4.04. The molecule has 0 rings (SSSR count). The van der Waals surface area contributed by atoms with E-state index in [1.807, 2.05) is 36.5 Å². The van der Waals surface area contributed by atoms with Crippen LogP contribution in [0.4, 0.5) is 0 Å². The molecular weight excluding hydrogens is 376 g/mol. The first-order valence-electron chi connectivity index (χ1n) is 10.3. The molecule has 0 aliphatic rings. The highest BCUT2D eigenvalue weighted by Crippen LogP contribution is 2.32. The first kappa shape index (κ1) is 26.8. The van der Waals surface area contributed by atoms with Crippen molar-refractivity contribution in [2.75, 3.05) is 0 Å². The molecule has 0 aromatic heterocycles. The van der Waals surface area contributed by atoms with E-state index in [1.165, 1.54) is 0 Å². The van der Waals surface area contributed by atoms with Gasteiger partial charge in [-0.05, 0) is 50.1 Å². The van der Waals surface area contributed by atoms with Gasteiger partial charge in [0.15, 0.2) is 0 Å². The lowest BCUT2D eigenvalue weighted by molar-refractivity contribution is 0.0586. The van der Waals surface area contributed by atoms with Gasteiger partial charge in [-0.3, -0.25) is 0 Å². The van der Waals surface area contributed by atoms with Crippen LogP contribution in [0.15, 0.2) is 75.9 Å². The second kappa shape index (κ2) is 13.9. The summed E-state index contributed by atoms with van der Waals surface area (Å²) in [5, 5.41) is 0. The van der Waals surface area contributed by atoms with Crippen molar-refractivity contribution in [2.24, 2.45) is 5.92 Å². The summed E-state index contributed by atoms with van der Waals surface area (Å²) in [6.07, 6.45) is 12.0. The van der Waals surface area contributed by atoms with E-state index >= 15 is 0 Å². The van der Waals surface area contributed by atoms with Crippen molar-refractivity contribution in [3.63, 3.8) is 0 Å². The number of hydrogen-bond donors (Lipinski definition) is 0. The molecule has 0 N–H and O–H groups in total. The predicted molar refractivity (Wildman–Crippen MR) is 132 cm³/mol. The molecule has 0 saturated heterocycles. The van der Waals surface area contributed by atoms with Crippen LogP contribution in [0, 0.1) is 5.92 Å². The Morgan fingerprint density at radius 3 is 0.929 bits per heavy atom. The summed E-state index contributed by atoms with van der Waals surface area (Å²) in [6.45, 7) is 30.2. The zero-order valence-electron chi connectivity index (χ0n) is 18.5. The van der Waals surface area contributed by atoms with Gasteiger partial charge in [0.2, 0.25) is 16.6 Å². The van der Waals surface area contributed by atoms with E-state index < -0.39 is 16.6 Å². The van der Waals surface area contributed by atoms with Gasteiger partial charge in [-0.15, -0.1) is 39.5 Å². The van der Waals surface area contributed by atoms with Crippen LogP contribution >= 0.6 is 0 Å². The lowest BCUT2D eigenvalue weighted by atomic mass is 10.0. The van der Waals surface area contributed by atoms with E-state index in [4.69, 9.17) is 8.85 Å². The van der Waals surface area contributed by atoms with Crippen LogP contribution in [0.1, 0.15) is 20.8 Å². The van der Waals surface area contributed by atoms with Gasteiger partial charge in [-0.25, -0.2) is 0 Å². The van der Waals surface area contributed by atoms with Crippen molar-refractivity contribution < 1.29 is 8.85 Å². The standard InChI is InChI=1S/C24H42O2Si2/c1-10-16-27(17-11-2,18-12-3)25-23(8)22(7)24(9)26-28(19-13-4,20-14-5)21-15-6/h10-15,22-24H,1-6,16-21H2,7-9H3. The van der Waals surface area contributed by atoms with E-state index in [-0.39, 0.29) is 18.1 Å². The van der Waals surface area contributed by atoms with Crippen LogP contribution < -0.4 is 0 Å². The lowest BCUT2D eigenvalue weighted by Crippen LogP contribution is -2.46. The third kappa shape index (κ3) is 8.43. The molecule has 0 aliphatic heterocycles. The zero-order valence-corrected chi connectivity index (χ0v) is 20.5. The van der Waals surface area contributed by atoms with Gasteiger partial charge in [-0.2, -0.15) is 0 Å². The molecule has 2 unspecified atom stereocenters. The van der Waals surface area contributed by atoms with Gasteiger partial charge in [0.25, 0.3) is 0 Å². The molecular formula is C24H42O2Si2. The molecule has 2 atom stereocenters. The second-order valence-corrected chi connectivity index (χ2v) is 15.5. The van der Waals surface area contributed by atoms with Gasteiger partial charge in [0.1, 0.15) is 0 Å². The van der Waals surface area contributed by atoms with Gasteiger partial charge < -0.3 is 8.85 Å². The molecule has 0 aliphatic carbocycles. The summed E-state index contributed by atoms with van der Waals surface area (Å²) >= 11 is 0. The molecule has 0 saturated carbocycles. The van der Waals surface area contributed by atoms with Gasteiger partial charge in [0, 0.05) is 18.1 Å². The van der Waals surface area contributed by atoms with Crippen LogP contribution in [-0.4, -0.2) is 28.8 Å². The molecule has 0 bridgehead atoms. The van der Waals surface area contributed by atoms with E-state index in [9.17, 15) is 0 Å². The Labute approximate surface area is 176 Å². The van der Waals surface area contributed by atoms with Gasteiger partial charge in [-0.1, -0.05) is 43.4 Å². The normalized spacial score (nSPS) is 15.1. The highest BCUT2D eigenvalue weighted by atomic mass is 28.4. The first-order valence-corrected chi connectivity index (χ1v) is 15.4. The predicted octanol–water partition coefficient (Wildman–Crippen LogP) is 7.44. The minimum atomic E-state index is -2.02. The Hall–Kier alpha value is -1.21. The fraction of sp³-hybridized carbons (Fsp3) is 0.500. The maximum atomic E-state index is 6.74. The highest BCUT2D eigenvalue weighted by Gasteiger charge is 2.38. The van der Waals surface area contributed by atoms with E-state index in [0.29, 0.717) is 0 Å². The second-order valence-electron chi connectivity index (χ2n) is 7.83. The molecule has 0 aromatic carbocycles. The van der Waals surface area contributed by atoms with Crippen LogP contribution in [0.5, 0.6) is 0 Å². The fourth-order valence-corrected chi connectivity index (χ4v) is 10.5. The molecule has 0 aromatic rings. The van der Waals surface area contributed by atoms with E-state index in [0.717, 1.165) is 36.3 Å². The van der Waals surface area contributed by atoms with Crippen molar-refractivity contribution in [2.45, 2.75) is 69.2 Å². The molecule has 28 heavy (non-hydrogen) atoms. The third-order valence-corrected chi connectivity index (χ3v) is 13.4. The maximum absolute atomic E-state index is 6.74. The SMILES string of the molecule is C=CC[Si](CC=C)(CC=C)OC(C)C(C)C(C)O[Si](CC=C)(CC=C)CC=C. The van der Waals surface area contributed by atoms with Crippen molar-refractivity contribution >= 4 is 16.6 Å². The maximum Gasteiger partial charge on any atom is 0.204 e. The number of rotatable bonds is 18. The number of allylic oxidation sites excluding steroid dienone is 6. The van der Waals surface area contributed by atoms with Crippen molar-refractivity contribution in [1.82, 2.24) is 0 Å². The van der Waals surface area contributed by atoms with Crippen molar-refractivity contribution in [1.29, 1.82) is 0 Å². The third-order valence-electron chi connectivity index (χ3n) is 5.45. The minimum Gasteiger partial charge on any atom is -0.413 e. The molecule has 0 radical (unpaired) electrons. The average molecular weight is 419 g/mol. The monoisotopic (exact) mass is 418 g/mol. The summed E-state index contributed by atoms with van der Waals surface area (Å²) in [5.41, 5.74) is 0. The van der Waals surface area contributed by atoms with E-state index in [1.54, 1.807) is 0 Å². The molecule has 0 amide bonds. The molecule has 4 heteroatoms. The topological polar surface area (TPSA) is 18.5 Å². The van der Waals surface area contributed by atoms with Crippen LogP contribution in [-0.2, 0) is 8.85 Å². The van der Waals surface area contributed by atoms with Crippen LogP contribution in [0.25, 0.3) is 0 Å². The molecule has 0 fully saturated rings. The highest BCUT2D eigenvalue weighted by molar-refractivity contribution is 6.75. The Kier molecular flexibility index (Phi) is 13.3. The minimum absolute atomic E-state index is 0.0874. The fourth-order valence-electron chi connectivity index (χ4n) is 3.75. The van der Waals surface area contributed by atoms with E-state index in [2.05, 4.69) is 60.2 Å². The molecule has 0 heterocycles. The summed E-state index contributed by atoms with van der Waals surface area (Å²) in [4.78, 5) is 0. The Balaban J connectivity index is 5.40. The van der Waals surface area contributed by atoms with Crippen molar-refractivity contribution in [3.8, 4) is 0 Å². The van der Waals surface area contributed by atoms with Crippen LogP contribution in [0.2, 0.25) is 36.3 Å². The molecule has 2 nitrogen and oxygen atoms in total. The van der Waals surface area contributed by atoms with Crippen molar-refractivity contribution in [3.05, 3.63) is 75.9 Å². The van der Waals surface area contributed by atoms with Gasteiger partial charge in [0.05, 0.1) is 0 Å². The quantitative estimate of drug-likeness (QED) is 0.170. The van der Waals surface area contributed by atoms with Crippen LogP contribution in [0.3, 0.4) is 0 Å². The zero-order chi connectivity index (χ0) is 21.6. The lowest BCUT2D eigenvalue weighted by Gasteiger charge is -2.39. The summed E-state index contributed by atoms with van der Waals surface area (Å²) in [6, 6.07) is 5.41. The summed E-state index contributed by atoms with van der Waals surface area (Å²) in [5.74, 6) is 0.262. The Bertz CT molecular complexity index is 428. The first-order chi connectivity index (χ1) is 13.3. The molecule has 0 spiro atoms. The number of hydrogen-bond acceptors (Lipinski definition) is 2. The Morgan fingerprint density at radius 1 is 0.536 bits per heavy atom. The smallest absolute Gasteiger partial charge is 0.204 e.